The second kappa shape index (κ2) is 6.01. The van der Waals surface area contributed by atoms with E-state index < -0.39 is 0 Å². The Labute approximate surface area is 143 Å². The Hall–Kier alpha value is -2.80. The number of aromatic nitrogens is 1. The van der Waals surface area contributed by atoms with Crippen LogP contribution in [0.4, 0.5) is 0 Å². The zero-order valence-corrected chi connectivity index (χ0v) is 14.2. The number of rotatable bonds is 3. The molecule has 0 spiro atoms. The molecule has 0 fully saturated rings. The van der Waals surface area contributed by atoms with Gasteiger partial charge in [-0.05, 0) is 42.7 Å². The summed E-state index contributed by atoms with van der Waals surface area (Å²) < 4.78 is 2.40. The largest absolute Gasteiger partial charge is 0.309 e. The second-order valence-electron chi connectivity index (χ2n) is 6.27. The van der Waals surface area contributed by atoms with Gasteiger partial charge in [0.2, 0.25) is 0 Å². The van der Waals surface area contributed by atoms with Gasteiger partial charge in [0.25, 0.3) is 0 Å². The third-order valence-electron chi connectivity index (χ3n) is 4.67. The monoisotopic (exact) mass is 311 g/mol. The first-order valence-electron chi connectivity index (χ1n) is 8.53. The SMILES string of the molecule is CCc1ccccc1-n1c(-c2ccc(C)cc2)cc2ccccc21. The fourth-order valence-electron chi connectivity index (χ4n) is 3.38. The molecule has 0 N–H and O–H groups in total. The number of benzene rings is 3. The molecule has 0 saturated heterocycles. The van der Waals surface area contributed by atoms with Gasteiger partial charge in [-0.25, -0.2) is 0 Å². The Morgan fingerprint density at radius 3 is 2.29 bits per heavy atom. The van der Waals surface area contributed by atoms with Gasteiger partial charge in [-0.15, -0.1) is 0 Å². The summed E-state index contributed by atoms with van der Waals surface area (Å²) in [4.78, 5) is 0. The lowest BCUT2D eigenvalue weighted by Gasteiger charge is -2.15. The van der Waals surface area contributed by atoms with Crippen molar-refractivity contribution in [1.29, 1.82) is 0 Å². The van der Waals surface area contributed by atoms with Crippen molar-refractivity contribution in [2.75, 3.05) is 0 Å². The Balaban J connectivity index is 2.05. The second-order valence-corrected chi connectivity index (χ2v) is 6.27. The van der Waals surface area contributed by atoms with Crippen LogP contribution in [0.2, 0.25) is 0 Å². The van der Waals surface area contributed by atoms with E-state index in [2.05, 4.69) is 97.3 Å². The van der Waals surface area contributed by atoms with Gasteiger partial charge < -0.3 is 4.57 Å². The average Bonchev–Trinajstić information content (AvgIpc) is 3.01. The van der Waals surface area contributed by atoms with E-state index in [4.69, 9.17) is 0 Å². The number of fused-ring (bicyclic) bond motifs is 1. The number of hydrogen-bond acceptors (Lipinski definition) is 0. The van der Waals surface area contributed by atoms with Crippen LogP contribution in [-0.2, 0) is 6.42 Å². The van der Waals surface area contributed by atoms with Crippen LogP contribution < -0.4 is 0 Å². The fourth-order valence-corrected chi connectivity index (χ4v) is 3.38. The predicted molar refractivity (Wildman–Crippen MR) is 103 cm³/mol. The van der Waals surface area contributed by atoms with E-state index in [1.165, 1.54) is 39.0 Å². The molecule has 0 atom stereocenters. The normalized spacial score (nSPS) is 11.1. The minimum atomic E-state index is 1.02. The van der Waals surface area contributed by atoms with E-state index in [-0.39, 0.29) is 0 Å². The van der Waals surface area contributed by atoms with Crippen molar-refractivity contribution in [2.45, 2.75) is 20.3 Å². The van der Waals surface area contributed by atoms with Crippen molar-refractivity contribution in [1.82, 2.24) is 4.57 Å². The van der Waals surface area contributed by atoms with Gasteiger partial charge in [0.1, 0.15) is 0 Å². The van der Waals surface area contributed by atoms with Gasteiger partial charge in [0.15, 0.2) is 0 Å². The summed E-state index contributed by atoms with van der Waals surface area (Å²) in [5.41, 5.74) is 7.69. The highest BCUT2D eigenvalue weighted by atomic mass is 15.0. The molecular weight excluding hydrogens is 290 g/mol. The first-order chi connectivity index (χ1) is 11.8. The smallest absolute Gasteiger partial charge is 0.0541 e. The maximum absolute atomic E-state index is 2.40. The van der Waals surface area contributed by atoms with E-state index in [0.717, 1.165) is 6.42 Å². The molecule has 3 aromatic carbocycles. The molecule has 0 amide bonds. The van der Waals surface area contributed by atoms with E-state index >= 15 is 0 Å². The average molecular weight is 311 g/mol. The van der Waals surface area contributed by atoms with E-state index in [0.29, 0.717) is 0 Å². The quantitative estimate of drug-likeness (QED) is 0.426. The number of hydrogen-bond donors (Lipinski definition) is 0. The molecule has 1 aromatic heterocycles. The van der Waals surface area contributed by atoms with Gasteiger partial charge in [0, 0.05) is 11.1 Å². The van der Waals surface area contributed by atoms with Crippen LogP contribution in [0.25, 0.3) is 27.8 Å². The molecular formula is C23H21N. The maximum atomic E-state index is 2.40. The van der Waals surface area contributed by atoms with E-state index in [9.17, 15) is 0 Å². The molecule has 0 unspecified atom stereocenters. The minimum Gasteiger partial charge on any atom is -0.309 e. The van der Waals surface area contributed by atoms with Crippen molar-refractivity contribution in [3.05, 3.63) is 90.0 Å². The van der Waals surface area contributed by atoms with Gasteiger partial charge >= 0.3 is 0 Å². The molecule has 0 radical (unpaired) electrons. The third kappa shape index (κ3) is 2.43. The summed E-state index contributed by atoms with van der Waals surface area (Å²) in [7, 11) is 0. The standard InChI is InChI=1S/C23H21N/c1-3-18-8-4-6-10-21(18)24-22-11-7-5-9-20(22)16-23(24)19-14-12-17(2)13-15-19/h4-16H,3H2,1-2H3. The van der Waals surface area contributed by atoms with Gasteiger partial charge in [-0.3, -0.25) is 0 Å². The van der Waals surface area contributed by atoms with Crippen LogP contribution in [0.3, 0.4) is 0 Å². The van der Waals surface area contributed by atoms with Crippen LogP contribution in [0, 0.1) is 6.92 Å². The number of nitrogens with zero attached hydrogens (tertiary/aromatic N) is 1. The molecule has 0 saturated carbocycles. The Morgan fingerprint density at radius 2 is 1.50 bits per heavy atom. The lowest BCUT2D eigenvalue weighted by Crippen LogP contribution is -2.00. The fraction of sp³-hybridized carbons (Fsp3) is 0.130. The molecule has 118 valence electrons. The lowest BCUT2D eigenvalue weighted by atomic mass is 10.1. The summed E-state index contributed by atoms with van der Waals surface area (Å²) in [6.45, 7) is 4.35. The van der Waals surface area contributed by atoms with E-state index in [1.807, 2.05) is 0 Å². The number of aryl methyl sites for hydroxylation is 2. The van der Waals surface area contributed by atoms with Gasteiger partial charge in [-0.1, -0.05) is 73.2 Å². The van der Waals surface area contributed by atoms with Gasteiger partial charge in [0.05, 0.1) is 11.2 Å². The Kier molecular flexibility index (Phi) is 3.70. The highest BCUT2D eigenvalue weighted by Gasteiger charge is 2.14. The van der Waals surface area contributed by atoms with Crippen molar-refractivity contribution in [3.8, 4) is 16.9 Å². The summed E-state index contributed by atoms with van der Waals surface area (Å²) in [5, 5.41) is 1.28. The zero-order chi connectivity index (χ0) is 16.5. The molecule has 1 heterocycles. The molecule has 0 aliphatic carbocycles. The van der Waals surface area contributed by atoms with Crippen LogP contribution in [0.15, 0.2) is 78.9 Å². The van der Waals surface area contributed by atoms with E-state index in [1.54, 1.807) is 0 Å². The van der Waals surface area contributed by atoms with Crippen molar-refractivity contribution < 1.29 is 0 Å². The van der Waals surface area contributed by atoms with Crippen LogP contribution in [-0.4, -0.2) is 4.57 Å². The summed E-state index contributed by atoms with van der Waals surface area (Å²) in [5.74, 6) is 0. The zero-order valence-electron chi connectivity index (χ0n) is 14.2. The highest BCUT2D eigenvalue weighted by molar-refractivity contribution is 5.89. The minimum absolute atomic E-state index is 1.02. The molecule has 0 aliphatic heterocycles. The molecule has 1 nitrogen and oxygen atoms in total. The third-order valence-corrected chi connectivity index (χ3v) is 4.67. The maximum Gasteiger partial charge on any atom is 0.0541 e. The van der Waals surface area contributed by atoms with Crippen molar-refractivity contribution >= 4 is 10.9 Å². The van der Waals surface area contributed by atoms with Crippen molar-refractivity contribution in [2.24, 2.45) is 0 Å². The summed E-state index contributed by atoms with van der Waals surface area (Å²) in [6, 6.07) is 28.4. The molecule has 0 bridgehead atoms. The van der Waals surface area contributed by atoms with Crippen LogP contribution in [0.5, 0.6) is 0 Å². The first kappa shape index (κ1) is 14.8. The highest BCUT2D eigenvalue weighted by Crippen LogP contribution is 2.33. The number of para-hydroxylation sites is 2. The van der Waals surface area contributed by atoms with Crippen molar-refractivity contribution in [3.63, 3.8) is 0 Å². The first-order valence-corrected chi connectivity index (χ1v) is 8.53. The summed E-state index contributed by atoms with van der Waals surface area (Å²) in [6.07, 6.45) is 1.02. The Bertz CT molecular complexity index is 990. The molecule has 24 heavy (non-hydrogen) atoms. The molecule has 0 aliphatic rings. The summed E-state index contributed by atoms with van der Waals surface area (Å²) >= 11 is 0. The topological polar surface area (TPSA) is 4.93 Å². The van der Waals surface area contributed by atoms with Crippen LogP contribution in [0.1, 0.15) is 18.1 Å². The predicted octanol–water partition coefficient (Wildman–Crippen LogP) is 6.17. The Morgan fingerprint density at radius 1 is 0.792 bits per heavy atom. The van der Waals surface area contributed by atoms with Gasteiger partial charge in [-0.2, -0.15) is 0 Å². The molecule has 4 aromatic rings. The lowest BCUT2D eigenvalue weighted by molar-refractivity contribution is 1.05. The van der Waals surface area contributed by atoms with Crippen LogP contribution >= 0.6 is 0 Å². The molecule has 1 heteroatoms. The molecule has 4 rings (SSSR count).